The zero-order valence-electron chi connectivity index (χ0n) is 11.6. The first-order valence-electron chi connectivity index (χ1n) is 7.01. The van der Waals surface area contributed by atoms with Crippen molar-refractivity contribution in [2.75, 3.05) is 13.6 Å². The van der Waals surface area contributed by atoms with Gasteiger partial charge in [-0.1, -0.05) is 30.3 Å². The molecule has 3 heteroatoms. The van der Waals surface area contributed by atoms with Crippen molar-refractivity contribution in [2.45, 2.75) is 12.3 Å². The van der Waals surface area contributed by atoms with E-state index in [9.17, 15) is 0 Å². The van der Waals surface area contributed by atoms with E-state index < -0.39 is 0 Å². The molecular weight excluding hydrogens is 246 g/mol. The first-order valence-corrected chi connectivity index (χ1v) is 7.01. The Bertz CT molecular complexity index is 673. The quantitative estimate of drug-likeness (QED) is 0.743. The molecule has 0 aliphatic carbocycles. The number of hydrogen-bond donors (Lipinski definition) is 2. The highest BCUT2D eigenvalue weighted by atomic mass is 14.8. The van der Waals surface area contributed by atoms with E-state index in [-0.39, 0.29) is 0 Å². The highest BCUT2D eigenvalue weighted by molar-refractivity contribution is 5.80. The van der Waals surface area contributed by atoms with Crippen LogP contribution in [0.25, 0.3) is 11.0 Å². The summed E-state index contributed by atoms with van der Waals surface area (Å²) in [5.41, 5.74) is 3.65. The van der Waals surface area contributed by atoms with Gasteiger partial charge in [-0.25, -0.2) is 4.98 Å². The van der Waals surface area contributed by atoms with Crippen LogP contribution in [0.2, 0.25) is 0 Å². The number of aromatic amines is 1. The fourth-order valence-electron chi connectivity index (χ4n) is 2.74. The molecule has 20 heavy (non-hydrogen) atoms. The Labute approximate surface area is 119 Å². The van der Waals surface area contributed by atoms with Gasteiger partial charge in [-0.05, 0) is 43.3 Å². The van der Waals surface area contributed by atoms with E-state index in [0.29, 0.717) is 5.92 Å². The first kappa shape index (κ1) is 12.9. The highest BCUT2D eigenvalue weighted by Crippen LogP contribution is 2.32. The molecule has 0 radical (unpaired) electrons. The maximum Gasteiger partial charge on any atom is 0.137 e. The van der Waals surface area contributed by atoms with Gasteiger partial charge in [-0.15, -0.1) is 0 Å². The molecule has 2 heterocycles. The second kappa shape index (κ2) is 5.88. The molecule has 0 spiro atoms. The number of H-pyrrole nitrogens is 1. The Kier molecular flexibility index (Phi) is 3.79. The highest BCUT2D eigenvalue weighted by Gasteiger charge is 2.17. The third-order valence-electron chi connectivity index (χ3n) is 3.74. The first-order chi connectivity index (χ1) is 9.90. The molecule has 2 aromatic heterocycles. The number of aromatic nitrogens is 2. The second-order valence-corrected chi connectivity index (χ2v) is 5.00. The fourth-order valence-corrected chi connectivity index (χ4v) is 2.74. The molecular formula is C17H19N3. The van der Waals surface area contributed by atoms with Gasteiger partial charge in [0.25, 0.3) is 0 Å². The van der Waals surface area contributed by atoms with Crippen molar-refractivity contribution in [1.82, 2.24) is 15.3 Å². The topological polar surface area (TPSA) is 40.7 Å². The van der Waals surface area contributed by atoms with E-state index in [0.717, 1.165) is 18.6 Å². The summed E-state index contributed by atoms with van der Waals surface area (Å²) in [6, 6.07) is 14.8. The Morgan fingerprint density at radius 2 is 2.00 bits per heavy atom. The van der Waals surface area contributed by atoms with Crippen molar-refractivity contribution in [3.63, 3.8) is 0 Å². The SMILES string of the molecule is CNCCC(c1ccccc1)c1c[nH]c2ncccc12. The van der Waals surface area contributed by atoms with Crippen molar-refractivity contribution < 1.29 is 0 Å². The van der Waals surface area contributed by atoms with Gasteiger partial charge in [-0.3, -0.25) is 0 Å². The normalized spacial score (nSPS) is 12.7. The molecule has 1 atom stereocenters. The summed E-state index contributed by atoms with van der Waals surface area (Å²) >= 11 is 0. The molecule has 0 fully saturated rings. The lowest BCUT2D eigenvalue weighted by Crippen LogP contribution is -2.13. The fraction of sp³-hybridized carbons (Fsp3) is 0.235. The van der Waals surface area contributed by atoms with Crippen LogP contribution in [0.5, 0.6) is 0 Å². The summed E-state index contributed by atoms with van der Waals surface area (Å²) in [5, 5.41) is 4.47. The average molecular weight is 265 g/mol. The maximum absolute atomic E-state index is 4.39. The lowest BCUT2D eigenvalue weighted by molar-refractivity contribution is 0.664. The molecule has 2 N–H and O–H groups in total. The minimum Gasteiger partial charge on any atom is -0.346 e. The number of fused-ring (bicyclic) bond motifs is 1. The summed E-state index contributed by atoms with van der Waals surface area (Å²) in [6.45, 7) is 0.993. The zero-order chi connectivity index (χ0) is 13.8. The van der Waals surface area contributed by atoms with Gasteiger partial charge in [0.1, 0.15) is 5.65 Å². The molecule has 0 saturated carbocycles. The van der Waals surface area contributed by atoms with E-state index in [1.165, 1.54) is 16.5 Å². The Morgan fingerprint density at radius 1 is 1.15 bits per heavy atom. The van der Waals surface area contributed by atoms with E-state index in [2.05, 4.69) is 57.9 Å². The minimum absolute atomic E-state index is 0.390. The van der Waals surface area contributed by atoms with Gasteiger partial charge in [-0.2, -0.15) is 0 Å². The minimum atomic E-state index is 0.390. The van der Waals surface area contributed by atoms with Crippen LogP contribution in [-0.2, 0) is 0 Å². The number of hydrogen-bond acceptors (Lipinski definition) is 2. The molecule has 3 nitrogen and oxygen atoms in total. The Hall–Kier alpha value is -2.13. The molecule has 0 saturated heterocycles. The van der Waals surface area contributed by atoms with Crippen LogP contribution < -0.4 is 5.32 Å². The largest absolute Gasteiger partial charge is 0.346 e. The van der Waals surface area contributed by atoms with Crippen LogP contribution in [0.4, 0.5) is 0 Å². The van der Waals surface area contributed by atoms with E-state index in [1.54, 1.807) is 0 Å². The van der Waals surface area contributed by atoms with Gasteiger partial charge in [0.05, 0.1) is 0 Å². The van der Waals surface area contributed by atoms with Gasteiger partial charge in [0.15, 0.2) is 0 Å². The van der Waals surface area contributed by atoms with Crippen LogP contribution in [0.3, 0.4) is 0 Å². The molecule has 0 aliphatic rings. The number of nitrogens with one attached hydrogen (secondary N) is 2. The molecule has 0 bridgehead atoms. The molecule has 0 aliphatic heterocycles. The summed E-state index contributed by atoms with van der Waals surface area (Å²) < 4.78 is 0. The van der Waals surface area contributed by atoms with Crippen molar-refractivity contribution >= 4 is 11.0 Å². The molecule has 0 amide bonds. The van der Waals surface area contributed by atoms with Crippen LogP contribution in [0, 0.1) is 0 Å². The summed E-state index contributed by atoms with van der Waals surface area (Å²) in [6.07, 6.45) is 5.00. The summed E-state index contributed by atoms with van der Waals surface area (Å²) in [5.74, 6) is 0.390. The van der Waals surface area contributed by atoms with E-state index in [4.69, 9.17) is 0 Å². The summed E-state index contributed by atoms with van der Waals surface area (Å²) in [7, 11) is 2.00. The zero-order valence-corrected chi connectivity index (χ0v) is 11.6. The van der Waals surface area contributed by atoms with Crippen LogP contribution in [0.1, 0.15) is 23.5 Å². The number of benzene rings is 1. The molecule has 1 unspecified atom stereocenters. The van der Waals surface area contributed by atoms with Crippen molar-refractivity contribution in [2.24, 2.45) is 0 Å². The Balaban J connectivity index is 2.05. The van der Waals surface area contributed by atoms with Crippen molar-refractivity contribution in [3.8, 4) is 0 Å². The van der Waals surface area contributed by atoms with Crippen molar-refractivity contribution in [3.05, 3.63) is 66.0 Å². The predicted octanol–water partition coefficient (Wildman–Crippen LogP) is 3.30. The lowest BCUT2D eigenvalue weighted by Gasteiger charge is -2.17. The van der Waals surface area contributed by atoms with Crippen LogP contribution >= 0.6 is 0 Å². The number of rotatable bonds is 5. The van der Waals surface area contributed by atoms with Gasteiger partial charge < -0.3 is 10.3 Å². The van der Waals surface area contributed by atoms with E-state index in [1.807, 2.05) is 19.3 Å². The third kappa shape index (κ3) is 2.45. The van der Waals surface area contributed by atoms with Crippen molar-refractivity contribution in [1.29, 1.82) is 0 Å². The average Bonchev–Trinajstić information content (AvgIpc) is 2.93. The monoisotopic (exact) mass is 265 g/mol. The molecule has 3 aromatic rings. The van der Waals surface area contributed by atoms with E-state index >= 15 is 0 Å². The molecule has 1 aromatic carbocycles. The number of nitrogens with zero attached hydrogens (tertiary/aromatic N) is 1. The van der Waals surface area contributed by atoms with Gasteiger partial charge in [0.2, 0.25) is 0 Å². The lowest BCUT2D eigenvalue weighted by atomic mass is 9.88. The van der Waals surface area contributed by atoms with Gasteiger partial charge >= 0.3 is 0 Å². The molecule has 102 valence electrons. The van der Waals surface area contributed by atoms with Gasteiger partial charge in [0, 0.05) is 23.7 Å². The smallest absolute Gasteiger partial charge is 0.137 e. The Morgan fingerprint density at radius 3 is 2.80 bits per heavy atom. The maximum atomic E-state index is 4.39. The third-order valence-corrected chi connectivity index (χ3v) is 3.74. The summed E-state index contributed by atoms with van der Waals surface area (Å²) in [4.78, 5) is 7.67. The standard InChI is InChI=1S/C17H19N3/c1-18-11-9-14(13-6-3-2-4-7-13)16-12-20-17-15(16)8-5-10-19-17/h2-8,10,12,14,18H,9,11H2,1H3,(H,19,20). The van der Waals surface area contributed by atoms with Crippen LogP contribution in [-0.4, -0.2) is 23.6 Å². The number of pyridine rings is 1. The predicted molar refractivity (Wildman–Crippen MR) is 82.9 cm³/mol. The van der Waals surface area contributed by atoms with Crippen LogP contribution in [0.15, 0.2) is 54.9 Å². The molecule has 3 rings (SSSR count). The second-order valence-electron chi connectivity index (χ2n) is 5.00.